The number of allylic oxidation sites excluding steroid dienone is 4. The summed E-state index contributed by atoms with van der Waals surface area (Å²) in [6.45, 7) is 4.16. The second-order valence-electron chi connectivity index (χ2n) is 4.56. The van der Waals surface area contributed by atoms with E-state index >= 15 is 0 Å². The van der Waals surface area contributed by atoms with Crippen molar-refractivity contribution < 1.29 is 4.79 Å². The third-order valence-corrected chi connectivity index (χ3v) is 3.27. The summed E-state index contributed by atoms with van der Waals surface area (Å²) in [5.74, 6) is 0.143. The van der Waals surface area contributed by atoms with E-state index in [1.165, 1.54) is 16.7 Å². The molecule has 0 heterocycles. The van der Waals surface area contributed by atoms with E-state index in [2.05, 4.69) is 19.9 Å². The molecule has 0 fully saturated rings. The average molecular weight is 247 g/mol. The lowest BCUT2D eigenvalue weighted by atomic mass is 10.00. The molecule has 1 aromatic carbocycles. The van der Waals surface area contributed by atoms with Crippen LogP contribution in [0, 0.1) is 0 Å². The lowest BCUT2D eigenvalue weighted by Gasteiger charge is -2.05. The van der Waals surface area contributed by atoms with Gasteiger partial charge in [-0.25, -0.2) is 0 Å². The van der Waals surface area contributed by atoms with E-state index in [0.717, 1.165) is 6.42 Å². The van der Waals surface area contributed by atoms with Crippen molar-refractivity contribution in [2.75, 3.05) is 0 Å². The highest BCUT2D eigenvalue weighted by molar-refractivity contribution is 6.31. The second-order valence-corrected chi connectivity index (χ2v) is 5.00. The van der Waals surface area contributed by atoms with Crippen LogP contribution < -0.4 is 0 Å². The molecule has 0 radical (unpaired) electrons. The van der Waals surface area contributed by atoms with Crippen molar-refractivity contribution in [1.29, 1.82) is 0 Å². The summed E-state index contributed by atoms with van der Waals surface area (Å²) in [6, 6.07) is 7.15. The van der Waals surface area contributed by atoms with E-state index in [1.54, 1.807) is 12.1 Å². The summed E-state index contributed by atoms with van der Waals surface area (Å²) in [5, 5.41) is 0.613. The fourth-order valence-corrected chi connectivity index (χ4v) is 2.35. The summed E-state index contributed by atoms with van der Waals surface area (Å²) in [5.41, 5.74) is 4.49. The zero-order chi connectivity index (χ0) is 12.4. The minimum absolute atomic E-state index is 0.143. The average Bonchev–Trinajstić information content (AvgIpc) is 2.57. The SMILES string of the molecule is CC1=CC(C)=C(CC(=O)c2cccc(Cl)c2)C1. The first-order chi connectivity index (χ1) is 8.06. The molecule has 0 atom stereocenters. The fourth-order valence-electron chi connectivity index (χ4n) is 2.16. The molecule has 0 bridgehead atoms. The molecule has 0 amide bonds. The molecule has 88 valence electrons. The van der Waals surface area contributed by atoms with Crippen molar-refractivity contribution in [3.05, 3.63) is 57.6 Å². The normalized spacial score (nSPS) is 15.1. The van der Waals surface area contributed by atoms with Gasteiger partial charge in [0.25, 0.3) is 0 Å². The Morgan fingerprint density at radius 2 is 2.12 bits per heavy atom. The van der Waals surface area contributed by atoms with Crippen LogP contribution in [0.1, 0.15) is 37.0 Å². The summed E-state index contributed by atoms with van der Waals surface area (Å²) in [6.07, 6.45) is 3.58. The Labute approximate surface area is 107 Å². The Kier molecular flexibility index (Phi) is 3.49. The van der Waals surface area contributed by atoms with Crippen LogP contribution >= 0.6 is 11.6 Å². The summed E-state index contributed by atoms with van der Waals surface area (Å²) in [4.78, 5) is 12.1. The topological polar surface area (TPSA) is 17.1 Å². The summed E-state index contributed by atoms with van der Waals surface area (Å²) >= 11 is 5.88. The molecule has 1 aliphatic rings. The van der Waals surface area contributed by atoms with E-state index in [1.807, 2.05) is 12.1 Å². The third-order valence-electron chi connectivity index (χ3n) is 3.03. The lowest BCUT2D eigenvalue weighted by molar-refractivity contribution is 0.0992. The number of rotatable bonds is 3. The van der Waals surface area contributed by atoms with Crippen LogP contribution in [0.5, 0.6) is 0 Å². The molecular weight excluding hydrogens is 232 g/mol. The van der Waals surface area contributed by atoms with Gasteiger partial charge in [0.1, 0.15) is 0 Å². The first-order valence-corrected chi connectivity index (χ1v) is 6.08. The quantitative estimate of drug-likeness (QED) is 0.714. The molecule has 2 heteroatoms. The number of benzene rings is 1. The van der Waals surface area contributed by atoms with E-state index in [9.17, 15) is 4.79 Å². The molecule has 0 saturated heterocycles. The molecule has 0 unspecified atom stereocenters. The van der Waals surface area contributed by atoms with Crippen LogP contribution in [0.2, 0.25) is 5.02 Å². The minimum Gasteiger partial charge on any atom is -0.294 e. The molecule has 17 heavy (non-hydrogen) atoms. The van der Waals surface area contributed by atoms with Crippen molar-refractivity contribution in [2.45, 2.75) is 26.7 Å². The zero-order valence-corrected chi connectivity index (χ0v) is 10.8. The fraction of sp³-hybridized carbons (Fsp3) is 0.267. The predicted molar refractivity (Wildman–Crippen MR) is 71.5 cm³/mol. The molecule has 0 spiro atoms. The van der Waals surface area contributed by atoms with Crippen molar-refractivity contribution in [3.8, 4) is 0 Å². The van der Waals surface area contributed by atoms with Gasteiger partial charge in [-0.05, 0) is 32.4 Å². The van der Waals surface area contributed by atoms with Crippen LogP contribution in [0.3, 0.4) is 0 Å². The van der Waals surface area contributed by atoms with Gasteiger partial charge in [0.05, 0.1) is 0 Å². The Morgan fingerprint density at radius 1 is 1.35 bits per heavy atom. The maximum atomic E-state index is 12.1. The molecule has 0 saturated carbocycles. The first kappa shape index (κ1) is 12.1. The van der Waals surface area contributed by atoms with Crippen molar-refractivity contribution in [1.82, 2.24) is 0 Å². The zero-order valence-electron chi connectivity index (χ0n) is 10.1. The predicted octanol–water partition coefficient (Wildman–Crippen LogP) is 4.58. The van der Waals surface area contributed by atoms with Gasteiger partial charge in [-0.15, -0.1) is 0 Å². The highest BCUT2D eigenvalue weighted by atomic mass is 35.5. The molecule has 1 aromatic rings. The summed E-state index contributed by atoms with van der Waals surface area (Å²) < 4.78 is 0. The van der Waals surface area contributed by atoms with Crippen molar-refractivity contribution >= 4 is 17.4 Å². The van der Waals surface area contributed by atoms with Gasteiger partial charge in [-0.1, -0.05) is 46.5 Å². The number of carbonyl (C=O) groups excluding carboxylic acids is 1. The Hall–Kier alpha value is -1.34. The Balaban J connectivity index is 2.11. The van der Waals surface area contributed by atoms with E-state index in [4.69, 9.17) is 11.6 Å². The van der Waals surface area contributed by atoms with E-state index in [0.29, 0.717) is 17.0 Å². The Bertz CT molecular complexity index is 523. The Morgan fingerprint density at radius 3 is 2.71 bits per heavy atom. The molecule has 0 aliphatic heterocycles. The third kappa shape index (κ3) is 2.86. The number of hydrogen-bond acceptors (Lipinski definition) is 1. The maximum Gasteiger partial charge on any atom is 0.166 e. The number of carbonyl (C=O) groups is 1. The molecule has 1 aliphatic carbocycles. The number of ketones is 1. The molecule has 0 aromatic heterocycles. The van der Waals surface area contributed by atoms with Gasteiger partial charge in [0.15, 0.2) is 5.78 Å². The van der Waals surface area contributed by atoms with Gasteiger partial charge in [-0.3, -0.25) is 4.79 Å². The smallest absolute Gasteiger partial charge is 0.166 e. The van der Waals surface area contributed by atoms with Crippen molar-refractivity contribution in [3.63, 3.8) is 0 Å². The first-order valence-electron chi connectivity index (χ1n) is 5.71. The van der Waals surface area contributed by atoms with E-state index in [-0.39, 0.29) is 5.78 Å². The van der Waals surface area contributed by atoms with Gasteiger partial charge in [0, 0.05) is 17.0 Å². The van der Waals surface area contributed by atoms with Crippen molar-refractivity contribution in [2.24, 2.45) is 0 Å². The van der Waals surface area contributed by atoms with Crippen LogP contribution in [0.15, 0.2) is 47.1 Å². The number of Topliss-reactive ketones (excluding diaryl/α,β-unsaturated/α-hetero) is 1. The van der Waals surface area contributed by atoms with Gasteiger partial charge >= 0.3 is 0 Å². The largest absolute Gasteiger partial charge is 0.294 e. The lowest BCUT2D eigenvalue weighted by Crippen LogP contribution is -2.01. The monoisotopic (exact) mass is 246 g/mol. The molecule has 1 nitrogen and oxygen atoms in total. The molecule has 0 N–H and O–H groups in total. The summed E-state index contributed by atoms with van der Waals surface area (Å²) in [7, 11) is 0. The van der Waals surface area contributed by atoms with Crippen LogP contribution in [0.25, 0.3) is 0 Å². The van der Waals surface area contributed by atoms with Crippen LogP contribution in [-0.4, -0.2) is 5.78 Å². The number of hydrogen-bond donors (Lipinski definition) is 0. The standard InChI is InChI=1S/C15H15ClO/c1-10-6-11(2)13(7-10)9-15(17)12-4-3-5-14(16)8-12/h3-6,8H,7,9H2,1-2H3. The minimum atomic E-state index is 0.143. The van der Waals surface area contributed by atoms with E-state index < -0.39 is 0 Å². The van der Waals surface area contributed by atoms with Crippen LogP contribution in [0.4, 0.5) is 0 Å². The van der Waals surface area contributed by atoms with Gasteiger partial charge in [0.2, 0.25) is 0 Å². The van der Waals surface area contributed by atoms with Gasteiger partial charge < -0.3 is 0 Å². The maximum absolute atomic E-state index is 12.1. The molecular formula is C15H15ClO. The van der Waals surface area contributed by atoms with Gasteiger partial charge in [-0.2, -0.15) is 0 Å². The number of halogens is 1. The molecule has 2 rings (SSSR count). The highest BCUT2D eigenvalue weighted by Gasteiger charge is 2.15. The second kappa shape index (κ2) is 4.89. The highest BCUT2D eigenvalue weighted by Crippen LogP contribution is 2.28. The van der Waals surface area contributed by atoms with Crippen LogP contribution in [-0.2, 0) is 0 Å².